The Kier molecular flexibility index (Phi) is 7.30. The minimum atomic E-state index is 0.354. The summed E-state index contributed by atoms with van der Waals surface area (Å²) >= 11 is 0. The number of hydrogen-bond acceptors (Lipinski definition) is 5. The smallest absolute Gasteiger partial charge is 0.222 e. The number of amides is 1. The molecular weight excluding hydrogens is 338 g/mol. The zero-order valence-corrected chi connectivity index (χ0v) is 17.0. The van der Waals surface area contributed by atoms with Crippen LogP contribution in [0.2, 0.25) is 0 Å². The zero-order chi connectivity index (χ0) is 19.1. The quantitative estimate of drug-likeness (QED) is 0.792. The molecule has 1 amide bonds. The van der Waals surface area contributed by atoms with E-state index in [-0.39, 0.29) is 0 Å². The Labute approximate surface area is 163 Å². The molecule has 150 valence electrons. The molecule has 3 rings (SSSR count). The highest BCUT2D eigenvalue weighted by molar-refractivity contribution is 5.76. The number of nitrogens with zero attached hydrogens (tertiary/aromatic N) is 4. The molecule has 6 nitrogen and oxygen atoms in total. The molecule has 1 aromatic heterocycles. The van der Waals surface area contributed by atoms with Gasteiger partial charge in [0.05, 0.1) is 0 Å². The van der Waals surface area contributed by atoms with E-state index >= 15 is 0 Å². The summed E-state index contributed by atoms with van der Waals surface area (Å²) in [6, 6.07) is 2.05. The average molecular weight is 374 g/mol. The van der Waals surface area contributed by atoms with Crippen LogP contribution in [0.1, 0.15) is 58.8 Å². The molecule has 1 aromatic rings. The second-order valence-electron chi connectivity index (χ2n) is 8.24. The normalized spacial score (nSPS) is 21.3. The predicted molar refractivity (Wildman–Crippen MR) is 110 cm³/mol. The molecular formula is C21H35N5O. The maximum Gasteiger partial charge on any atom is 0.222 e. The van der Waals surface area contributed by atoms with Crippen LogP contribution < -0.4 is 10.2 Å². The third-order valence-electron chi connectivity index (χ3n) is 5.95. The van der Waals surface area contributed by atoms with Crippen LogP contribution >= 0.6 is 0 Å². The van der Waals surface area contributed by atoms with E-state index < -0.39 is 0 Å². The van der Waals surface area contributed by atoms with E-state index in [4.69, 9.17) is 0 Å². The van der Waals surface area contributed by atoms with Crippen LogP contribution in [0.4, 0.5) is 11.6 Å². The number of carbonyl (C=O) groups excluding carboxylic acids is 1. The van der Waals surface area contributed by atoms with Gasteiger partial charge >= 0.3 is 0 Å². The number of nitrogens with one attached hydrogen (secondary N) is 1. The lowest BCUT2D eigenvalue weighted by Gasteiger charge is -2.34. The van der Waals surface area contributed by atoms with Crippen molar-refractivity contribution in [1.29, 1.82) is 0 Å². The molecule has 1 unspecified atom stereocenters. The highest BCUT2D eigenvalue weighted by Gasteiger charge is 2.24. The first-order chi connectivity index (χ1) is 13.2. The Bertz CT molecular complexity index is 600. The third-order valence-corrected chi connectivity index (χ3v) is 5.95. The van der Waals surface area contributed by atoms with Crippen molar-refractivity contribution in [3.8, 4) is 0 Å². The second-order valence-corrected chi connectivity index (χ2v) is 8.24. The standard InChI is InChI=1S/C21H35N5O/c1-3-10-22-19-14-20(24-16-23-19)26-11-4-5-18(15-26)6-7-21(27)25-12-8-17(2)9-13-25/h14,16-18H,3-13,15H2,1-2H3,(H,22,23,24). The van der Waals surface area contributed by atoms with E-state index in [1.165, 1.54) is 12.8 Å². The van der Waals surface area contributed by atoms with Gasteiger partial charge in [0.25, 0.3) is 0 Å². The van der Waals surface area contributed by atoms with Gasteiger partial charge in [-0.25, -0.2) is 9.97 Å². The van der Waals surface area contributed by atoms with Crippen molar-refractivity contribution in [2.75, 3.05) is 42.9 Å². The van der Waals surface area contributed by atoms with Crippen molar-refractivity contribution in [2.24, 2.45) is 11.8 Å². The molecule has 0 aliphatic carbocycles. The number of carbonyl (C=O) groups is 1. The predicted octanol–water partition coefficient (Wildman–Crippen LogP) is 3.55. The Balaban J connectivity index is 1.48. The van der Waals surface area contributed by atoms with Gasteiger partial charge in [-0.3, -0.25) is 4.79 Å². The number of rotatable bonds is 7. The van der Waals surface area contributed by atoms with Gasteiger partial charge < -0.3 is 15.1 Å². The first kappa shape index (κ1) is 19.9. The molecule has 0 radical (unpaired) electrons. The van der Waals surface area contributed by atoms with Crippen LogP contribution in [-0.2, 0) is 4.79 Å². The Hall–Kier alpha value is -1.85. The van der Waals surface area contributed by atoms with Crippen molar-refractivity contribution in [1.82, 2.24) is 14.9 Å². The summed E-state index contributed by atoms with van der Waals surface area (Å²) < 4.78 is 0. The first-order valence-electron chi connectivity index (χ1n) is 10.7. The molecule has 2 aliphatic rings. The SMILES string of the molecule is CCCNc1cc(N2CCCC(CCC(=O)N3CCC(C)CC3)C2)ncn1. The van der Waals surface area contributed by atoms with Crippen LogP contribution in [-0.4, -0.2) is 53.5 Å². The number of piperidine rings is 2. The lowest BCUT2D eigenvalue weighted by Crippen LogP contribution is -2.39. The van der Waals surface area contributed by atoms with E-state index in [1.807, 2.05) is 0 Å². The fraction of sp³-hybridized carbons (Fsp3) is 0.762. The summed E-state index contributed by atoms with van der Waals surface area (Å²) in [5.74, 6) is 3.61. The molecule has 6 heteroatoms. The van der Waals surface area contributed by atoms with Crippen LogP contribution in [0.5, 0.6) is 0 Å². The van der Waals surface area contributed by atoms with Crippen molar-refractivity contribution >= 4 is 17.5 Å². The average Bonchev–Trinajstić information content (AvgIpc) is 2.71. The minimum Gasteiger partial charge on any atom is -0.370 e. The molecule has 3 heterocycles. The molecule has 0 saturated carbocycles. The Morgan fingerprint density at radius 1 is 1.22 bits per heavy atom. The van der Waals surface area contributed by atoms with Crippen molar-refractivity contribution < 1.29 is 4.79 Å². The van der Waals surface area contributed by atoms with Gasteiger partial charge in [0.2, 0.25) is 5.91 Å². The lowest BCUT2D eigenvalue weighted by molar-refractivity contribution is -0.132. The van der Waals surface area contributed by atoms with Gasteiger partial charge in [-0.2, -0.15) is 0 Å². The summed E-state index contributed by atoms with van der Waals surface area (Å²) in [6.07, 6.45) is 9.12. The highest BCUT2D eigenvalue weighted by atomic mass is 16.2. The van der Waals surface area contributed by atoms with Crippen LogP contribution in [0.3, 0.4) is 0 Å². The summed E-state index contributed by atoms with van der Waals surface area (Å²) in [5, 5.41) is 3.34. The topological polar surface area (TPSA) is 61.4 Å². The maximum absolute atomic E-state index is 12.5. The molecule has 27 heavy (non-hydrogen) atoms. The molecule has 0 bridgehead atoms. The van der Waals surface area contributed by atoms with E-state index in [0.29, 0.717) is 18.2 Å². The maximum atomic E-state index is 12.5. The van der Waals surface area contributed by atoms with E-state index in [9.17, 15) is 4.79 Å². The summed E-state index contributed by atoms with van der Waals surface area (Å²) in [5.41, 5.74) is 0. The van der Waals surface area contributed by atoms with E-state index in [2.05, 4.69) is 45.0 Å². The zero-order valence-electron chi connectivity index (χ0n) is 17.0. The molecule has 0 spiro atoms. The Morgan fingerprint density at radius 2 is 2.04 bits per heavy atom. The molecule has 1 atom stereocenters. The minimum absolute atomic E-state index is 0.354. The summed E-state index contributed by atoms with van der Waals surface area (Å²) in [6.45, 7) is 9.30. The van der Waals surface area contributed by atoms with Crippen molar-refractivity contribution in [3.05, 3.63) is 12.4 Å². The van der Waals surface area contributed by atoms with Gasteiger partial charge in [0.15, 0.2) is 0 Å². The first-order valence-corrected chi connectivity index (χ1v) is 10.7. The number of aromatic nitrogens is 2. The molecule has 2 aliphatic heterocycles. The fourth-order valence-electron chi connectivity index (χ4n) is 4.12. The van der Waals surface area contributed by atoms with E-state index in [0.717, 1.165) is 76.0 Å². The largest absolute Gasteiger partial charge is 0.370 e. The van der Waals surface area contributed by atoms with Gasteiger partial charge in [-0.05, 0) is 50.4 Å². The van der Waals surface area contributed by atoms with Crippen LogP contribution in [0, 0.1) is 11.8 Å². The van der Waals surface area contributed by atoms with Gasteiger partial charge in [0.1, 0.15) is 18.0 Å². The van der Waals surface area contributed by atoms with Gasteiger partial charge in [-0.15, -0.1) is 0 Å². The molecule has 2 fully saturated rings. The second kappa shape index (κ2) is 9.90. The Morgan fingerprint density at radius 3 is 2.81 bits per heavy atom. The highest BCUT2D eigenvalue weighted by Crippen LogP contribution is 2.26. The third kappa shape index (κ3) is 5.81. The van der Waals surface area contributed by atoms with Crippen LogP contribution in [0.15, 0.2) is 12.4 Å². The van der Waals surface area contributed by atoms with E-state index in [1.54, 1.807) is 6.33 Å². The summed E-state index contributed by atoms with van der Waals surface area (Å²) in [7, 11) is 0. The van der Waals surface area contributed by atoms with Gasteiger partial charge in [0, 0.05) is 45.2 Å². The fourth-order valence-corrected chi connectivity index (χ4v) is 4.12. The monoisotopic (exact) mass is 373 g/mol. The lowest BCUT2D eigenvalue weighted by atomic mass is 9.92. The van der Waals surface area contributed by atoms with Crippen molar-refractivity contribution in [2.45, 2.75) is 58.8 Å². The van der Waals surface area contributed by atoms with Crippen molar-refractivity contribution in [3.63, 3.8) is 0 Å². The number of likely N-dealkylation sites (tertiary alicyclic amines) is 1. The van der Waals surface area contributed by atoms with Crippen LogP contribution in [0.25, 0.3) is 0 Å². The molecule has 1 N–H and O–H groups in total. The van der Waals surface area contributed by atoms with Gasteiger partial charge in [-0.1, -0.05) is 13.8 Å². The number of hydrogen-bond donors (Lipinski definition) is 1. The molecule has 2 saturated heterocycles. The molecule has 0 aromatic carbocycles. The summed E-state index contributed by atoms with van der Waals surface area (Å²) in [4.78, 5) is 25.8. The number of anilines is 2.